The van der Waals surface area contributed by atoms with Crippen molar-refractivity contribution in [2.75, 3.05) is 0 Å². The number of hydrogen-bond acceptors (Lipinski definition) is 3. The number of hydrogen-bond donors (Lipinski definition) is 1. The van der Waals surface area contributed by atoms with E-state index in [9.17, 15) is 5.11 Å². The summed E-state index contributed by atoms with van der Waals surface area (Å²) >= 11 is 0. The van der Waals surface area contributed by atoms with Crippen molar-refractivity contribution in [1.29, 1.82) is 0 Å². The van der Waals surface area contributed by atoms with Gasteiger partial charge < -0.3 is 9.84 Å². The van der Waals surface area contributed by atoms with Gasteiger partial charge in [0.05, 0.1) is 16.8 Å². The summed E-state index contributed by atoms with van der Waals surface area (Å²) in [5.74, 6) is -0.546. The van der Waals surface area contributed by atoms with Crippen molar-refractivity contribution in [3.8, 4) is 11.6 Å². The topological polar surface area (TPSA) is 47.3 Å². The fourth-order valence-corrected chi connectivity index (χ4v) is 5.42. The van der Waals surface area contributed by atoms with E-state index in [1.165, 1.54) is 11.1 Å². The number of fused-ring (bicyclic) bond motifs is 2. The Balaban J connectivity index is 1.63. The molecule has 1 N–H and O–H groups in total. The number of para-hydroxylation sites is 1. The average Bonchev–Trinajstić information content (AvgIpc) is 3.06. The number of benzene rings is 2. The van der Waals surface area contributed by atoms with Crippen LogP contribution in [0.5, 0.6) is 5.88 Å². The van der Waals surface area contributed by atoms with Gasteiger partial charge in [0.2, 0.25) is 11.7 Å². The van der Waals surface area contributed by atoms with Crippen molar-refractivity contribution < 1.29 is 9.84 Å². The van der Waals surface area contributed by atoms with Gasteiger partial charge in [0.15, 0.2) is 0 Å². The zero-order chi connectivity index (χ0) is 21.9. The van der Waals surface area contributed by atoms with Gasteiger partial charge >= 0.3 is 0 Å². The van der Waals surface area contributed by atoms with Gasteiger partial charge in [0.25, 0.3) is 0 Å². The Bertz CT molecular complexity index is 1090. The van der Waals surface area contributed by atoms with Crippen molar-refractivity contribution in [3.63, 3.8) is 0 Å². The summed E-state index contributed by atoms with van der Waals surface area (Å²) in [6.07, 6.45) is 4.34. The molecule has 0 unspecified atom stereocenters. The first-order valence-corrected chi connectivity index (χ1v) is 11.4. The van der Waals surface area contributed by atoms with Crippen molar-refractivity contribution in [3.05, 3.63) is 77.0 Å². The standard InChI is InChI=1S/C27H32N2O2/c1-19-23-18-26(21-14-12-20(13-15-21)25(2,3)4)16-8-9-17-27(26,30)31-24(23)29(28-19)22-10-6-5-7-11-22/h5-7,10-15,30H,8-9,16-18H2,1-4H3/t26-,27+/m1/s1. The molecule has 2 aromatic carbocycles. The Morgan fingerprint density at radius 1 is 0.968 bits per heavy atom. The molecule has 162 valence electrons. The smallest absolute Gasteiger partial charge is 0.222 e. The summed E-state index contributed by atoms with van der Waals surface area (Å²) in [4.78, 5) is 0. The van der Waals surface area contributed by atoms with E-state index in [4.69, 9.17) is 9.84 Å². The second kappa shape index (κ2) is 6.96. The average molecular weight is 417 g/mol. The predicted molar refractivity (Wildman–Crippen MR) is 123 cm³/mol. The zero-order valence-corrected chi connectivity index (χ0v) is 19.0. The quantitative estimate of drug-likeness (QED) is 0.590. The molecule has 1 aromatic heterocycles. The number of rotatable bonds is 2. The summed E-state index contributed by atoms with van der Waals surface area (Å²) in [5, 5.41) is 16.8. The molecule has 2 heterocycles. The van der Waals surface area contributed by atoms with E-state index in [1.54, 1.807) is 0 Å². The van der Waals surface area contributed by atoms with E-state index in [0.29, 0.717) is 12.3 Å². The third-order valence-electron chi connectivity index (χ3n) is 7.30. The van der Waals surface area contributed by atoms with Gasteiger partial charge in [-0.1, -0.05) is 69.7 Å². The van der Waals surface area contributed by atoms with Gasteiger partial charge in [-0.15, -0.1) is 0 Å². The highest BCUT2D eigenvalue weighted by atomic mass is 16.6. The molecule has 3 aromatic rings. The lowest BCUT2D eigenvalue weighted by Crippen LogP contribution is -2.61. The molecule has 2 atom stereocenters. The Labute approximate surface area is 184 Å². The van der Waals surface area contributed by atoms with Crippen molar-refractivity contribution in [2.45, 2.75) is 76.4 Å². The molecule has 0 saturated heterocycles. The number of aromatic nitrogens is 2. The summed E-state index contributed by atoms with van der Waals surface area (Å²) in [6, 6.07) is 18.9. The lowest BCUT2D eigenvalue weighted by Gasteiger charge is -2.52. The van der Waals surface area contributed by atoms with Gasteiger partial charge in [-0.05, 0) is 54.9 Å². The molecule has 1 aliphatic heterocycles. The minimum atomic E-state index is -1.24. The lowest BCUT2D eigenvalue weighted by molar-refractivity contribution is -0.222. The lowest BCUT2D eigenvalue weighted by atomic mass is 9.61. The van der Waals surface area contributed by atoms with Crippen molar-refractivity contribution in [1.82, 2.24) is 9.78 Å². The summed E-state index contributed by atoms with van der Waals surface area (Å²) in [7, 11) is 0. The monoisotopic (exact) mass is 416 g/mol. The van der Waals surface area contributed by atoms with Crippen LogP contribution in [0.1, 0.15) is 68.8 Å². The molecule has 0 radical (unpaired) electrons. The first kappa shape index (κ1) is 20.3. The number of aliphatic hydroxyl groups is 1. The molecule has 4 heteroatoms. The van der Waals surface area contributed by atoms with Crippen LogP contribution in [-0.4, -0.2) is 20.7 Å². The van der Waals surface area contributed by atoms with Gasteiger partial charge in [-0.25, -0.2) is 4.68 Å². The van der Waals surface area contributed by atoms with Gasteiger partial charge in [-0.2, -0.15) is 5.10 Å². The van der Waals surface area contributed by atoms with Crippen LogP contribution in [0, 0.1) is 6.92 Å². The first-order valence-electron chi connectivity index (χ1n) is 11.4. The van der Waals surface area contributed by atoms with Gasteiger partial charge in [-0.3, -0.25) is 0 Å². The van der Waals surface area contributed by atoms with Crippen LogP contribution in [0.4, 0.5) is 0 Å². The molecule has 0 spiro atoms. The Kier molecular flexibility index (Phi) is 4.56. The van der Waals surface area contributed by atoms with Crippen LogP contribution in [0.25, 0.3) is 5.69 Å². The second-order valence-corrected chi connectivity index (χ2v) is 10.3. The minimum Gasteiger partial charge on any atom is -0.444 e. The minimum absolute atomic E-state index is 0.0999. The normalized spacial score (nSPS) is 25.5. The van der Waals surface area contributed by atoms with Crippen LogP contribution >= 0.6 is 0 Å². The molecule has 4 nitrogen and oxygen atoms in total. The van der Waals surface area contributed by atoms with Gasteiger partial charge in [0.1, 0.15) is 0 Å². The molecule has 1 saturated carbocycles. The molecule has 0 amide bonds. The molecule has 1 aliphatic carbocycles. The Morgan fingerprint density at radius 2 is 1.65 bits per heavy atom. The maximum atomic E-state index is 12.0. The summed E-state index contributed by atoms with van der Waals surface area (Å²) in [5.41, 5.74) is 5.14. The largest absolute Gasteiger partial charge is 0.444 e. The fraction of sp³-hybridized carbons (Fsp3) is 0.444. The third kappa shape index (κ3) is 3.11. The Hall–Kier alpha value is -2.59. The number of aryl methyl sites for hydroxylation is 1. The molecule has 1 fully saturated rings. The maximum Gasteiger partial charge on any atom is 0.222 e. The van der Waals surface area contributed by atoms with Crippen molar-refractivity contribution >= 4 is 0 Å². The molecule has 2 aliphatic rings. The Morgan fingerprint density at radius 3 is 2.32 bits per heavy atom. The van der Waals surface area contributed by atoms with Crippen LogP contribution in [0.3, 0.4) is 0 Å². The first-order chi connectivity index (χ1) is 14.7. The molecule has 0 bridgehead atoms. The van der Waals surface area contributed by atoms with Crippen LogP contribution in [0.15, 0.2) is 54.6 Å². The van der Waals surface area contributed by atoms with Crippen molar-refractivity contribution in [2.24, 2.45) is 0 Å². The van der Waals surface area contributed by atoms with Crippen LogP contribution < -0.4 is 4.74 Å². The molecule has 5 rings (SSSR count). The van der Waals surface area contributed by atoms with E-state index < -0.39 is 11.2 Å². The second-order valence-electron chi connectivity index (χ2n) is 10.3. The van der Waals surface area contributed by atoms with E-state index in [1.807, 2.05) is 41.9 Å². The van der Waals surface area contributed by atoms with E-state index in [2.05, 4.69) is 45.0 Å². The van der Waals surface area contributed by atoms with E-state index >= 15 is 0 Å². The predicted octanol–water partition coefficient (Wildman–Crippen LogP) is 5.61. The fourth-order valence-electron chi connectivity index (χ4n) is 5.42. The number of nitrogens with zero attached hydrogens (tertiary/aromatic N) is 2. The molecular weight excluding hydrogens is 384 g/mol. The SMILES string of the molecule is Cc1nn(-c2ccccc2)c2c1C[C@@]1(c3ccc(C(C)(C)C)cc3)CCCC[C@]1(O)O2. The van der Waals surface area contributed by atoms with Gasteiger partial charge in [0, 0.05) is 12.0 Å². The van der Waals surface area contributed by atoms with Crippen LogP contribution in [-0.2, 0) is 17.3 Å². The van der Waals surface area contributed by atoms with E-state index in [-0.39, 0.29) is 5.41 Å². The number of ether oxygens (including phenoxy) is 1. The third-order valence-corrected chi connectivity index (χ3v) is 7.30. The van der Waals surface area contributed by atoms with E-state index in [0.717, 1.165) is 42.6 Å². The summed E-state index contributed by atoms with van der Waals surface area (Å²) < 4.78 is 8.39. The highest BCUT2D eigenvalue weighted by molar-refractivity contribution is 5.47. The van der Waals surface area contributed by atoms with Crippen LogP contribution in [0.2, 0.25) is 0 Å². The molecule has 31 heavy (non-hydrogen) atoms. The highest BCUT2D eigenvalue weighted by Gasteiger charge is 2.59. The zero-order valence-electron chi connectivity index (χ0n) is 19.0. The maximum absolute atomic E-state index is 12.0. The summed E-state index contributed by atoms with van der Waals surface area (Å²) in [6.45, 7) is 8.74. The molecular formula is C27H32N2O2. The highest BCUT2D eigenvalue weighted by Crippen LogP contribution is 2.54.